The third-order valence-corrected chi connectivity index (χ3v) is 4.81. The molecule has 1 aliphatic heterocycles. The van der Waals surface area contributed by atoms with Crippen LogP contribution in [0.15, 0.2) is 48.5 Å². The molecule has 128 valence electrons. The van der Waals surface area contributed by atoms with Crippen LogP contribution in [0.1, 0.15) is 31.7 Å². The highest BCUT2D eigenvalue weighted by atomic mass is 16.5. The molecule has 0 radical (unpaired) electrons. The molecule has 1 aliphatic rings. The number of anilines is 1. The van der Waals surface area contributed by atoms with Crippen LogP contribution >= 0.6 is 0 Å². The summed E-state index contributed by atoms with van der Waals surface area (Å²) in [5.74, 6) is 2.00. The first-order valence-electron chi connectivity index (χ1n) is 9.01. The van der Waals surface area contributed by atoms with E-state index >= 15 is 0 Å². The molecule has 2 aromatic rings. The van der Waals surface area contributed by atoms with Gasteiger partial charge >= 0.3 is 0 Å². The average molecular weight is 325 g/mol. The minimum Gasteiger partial charge on any atom is -0.508 e. The zero-order chi connectivity index (χ0) is 16.8. The van der Waals surface area contributed by atoms with Crippen LogP contribution < -0.4 is 9.64 Å². The Morgan fingerprint density at radius 3 is 2.50 bits per heavy atom. The molecule has 24 heavy (non-hydrogen) atoms. The Morgan fingerprint density at radius 2 is 1.79 bits per heavy atom. The number of hydrogen-bond acceptors (Lipinski definition) is 3. The zero-order valence-corrected chi connectivity index (χ0v) is 14.4. The van der Waals surface area contributed by atoms with Crippen LogP contribution in [0.4, 0.5) is 5.69 Å². The lowest BCUT2D eigenvalue weighted by molar-refractivity contribution is 0.223. The molecule has 1 fully saturated rings. The molecule has 0 spiro atoms. The predicted molar refractivity (Wildman–Crippen MR) is 99.0 cm³/mol. The Kier molecular flexibility index (Phi) is 5.63. The van der Waals surface area contributed by atoms with E-state index in [4.69, 9.17) is 4.74 Å². The van der Waals surface area contributed by atoms with Gasteiger partial charge in [-0.05, 0) is 49.4 Å². The van der Waals surface area contributed by atoms with Crippen molar-refractivity contribution in [3.63, 3.8) is 0 Å². The molecule has 3 heteroatoms. The number of aromatic hydroxyl groups is 1. The summed E-state index contributed by atoms with van der Waals surface area (Å²) in [5, 5.41) is 10.2. The second kappa shape index (κ2) is 8.09. The molecule has 0 amide bonds. The van der Waals surface area contributed by atoms with Gasteiger partial charge in [-0.25, -0.2) is 0 Å². The second-order valence-electron chi connectivity index (χ2n) is 6.58. The summed E-state index contributed by atoms with van der Waals surface area (Å²) < 4.78 is 5.91. The van der Waals surface area contributed by atoms with E-state index in [9.17, 15) is 5.11 Å². The van der Waals surface area contributed by atoms with Crippen LogP contribution in [-0.2, 0) is 6.42 Å². The Labute approximate surface area is 144 Å². The third kappa shape index (κ3) is 4.02. The molecular formula is C21H27NO2. The fourth-order valence-electron chi connectivity index (χ4n) is 3.44. The van der Waals surface area contributed by atoms with Crippen molar-refractivity contribution in [3.8, 4) is 11.5 Å². The number of ether oxygens (including phenoxy) is 1. The Bertz CT molecular complexity index is 634. The van der Waals surface area contributed by atoms with E-state index in [-0.39, 0.29) is 0 Å². The van der Waals surface area contributed by atoms with Crippen molar-refractivity contribution in [1.82, 2.24) is 0 Å². The standard InChI is InChI=1S/C21H27NO2/c1-2-7-19-20(10-6-11-21(19)23)22-14-12-17(13-15-22)16-24-18-8-4-3-5-9-18/h3-6,8-11,17,23H,2,7,12-16H2,1H3. The van der Waals surface area contributed by atoms with Gasteiger partial charge in [0.1, 0.15) is 11.5 Å². The summed E-state index contributed by atoms with van der Waals surface area (Å²) in [5.41, 5.74) is 2.30. The molecule has 1 saturated heterocycles. The third-order valence-electron chi connectivity index (χ3n) is 4.81. The molecule has 3 rings (SSSR count). The van der Waals surface area contributed by atoms with Gasteiger partial charge in [-0.15, -0.1) is 0 Å². The summed E-state index contributed by atoms with van der Waals surface area (Å²) in [6.07, 6.45) is 4.24. The van der Waals surface area contributed by atoms with E-state index in [0.29, 0.717) is 11.7 Å². The van der Waals surface area contributed by atoms with E-state index in [0.717, 1.165) is 56.7 Å². The largest absolute Gasteiger partial charge is 0.508 e. The molecule has 0 aromatic heterocycles. The number of rotatable bonds is 6. The van der Waals surface area contributed by atoms with Crippen molar-refractivity contribution in [1.29, 1.82) is 0 Å². The normalized spacial score (nSPS) is 15.5. The van der Waals surface area contributed by atoms with Gasteiger partial charge in [-0.3, -0.25) is 0 Å². The summed E-state index contributed by atoms with van der Waals surface area (Å²) >= 11 is 0. The van der Waals surface area contributed by atoms with Gasteiger partial charge in [0.25, 0.3) is 0 Å². The van der Waals surface area contributed by atoms with E-state index in [1.165, 1.54) is 5.69 Å². The van der Waals surface area contributed by atoms with E-state index in [1.807, 2.05) is 36.4 Å². The molecule has 1 heterocycles. The molecule has 3 nitrogen and oxygen atoms in total. The van der Waals surface area contributed by atoms with E-state index in [2.05, 4.69) is 17.9 Å². The van der Waals surface area contributed by atoms with Crippen molar-refractivity contribution < 1.29 is 9.84 Å². The second-order valence-corrected chi connectivity index (χ2v) is 6.58. The van der Waals surface area contributed by atoms with Crippen LogP contribution in [-0.4, -0.2) is 24.8 Å². The summed E-state index contributed by atoms with van der Waals surface area (Å²) in [6.45, 7) is 5.01. The number of para-hydroxylation sites is 1. The van der Waals surface area contributed by atoms with Crippen molar-refractivity contribution >= 4 is 5.69 Å². The number of phenolic OH excluding ortho intramolecular Hbond substituents is 1. The number of hydrogen-bond donors (Lipinski definition) is 1. The summed E-state index contributed by atoms with van der Waals surface area (Å²) in [6, 6.07) is 15.9. The maximum absolute atomic E-state index is 10.2. The van der Waals surface area contributed by atoms with Gasteiger partial charge in [0.2, 0.25) is 0 Å². The smallest absolute Gasteiger partial charge is 0.120 e. The first-order chi connectivity index (χ1) is 11.8. The van der Waals surface area contributed by atoms with Crippen molar-refractivity contribution in [2.24, 2.45) is 5.92 Å². The first kappa shape index (κ1) is 16.7. The van der Waals surface area contributed by atoms with Crippen LogP contribution in [0.5, 0.6) is 11.5 Å². The molecule has 0 bridgehead atoms. The van der Waals surface area contributed by atoms with E-state index in [1.54, 1.807) is 6.07 Å². The molecule has 1 N–H and O–H groups in total. The number of piperidine rings is 1. The maximum Gasteiger partial charge on any atom is 0.120 e. The Balaban J connectivity index is 1.56. The topological polar surface area (TPSA) is 32.7 Å². The van der Waals surface area contributed by atoms with Crippen LogP contribution in [0.25, 0.3) is 0 Å². The molecule has 0 unspecified atom stereocenters. The van der Waals surface area contributed by atoms with Gasteiger partial charge < -0.3 is 14.7 Å². The number of phenols is 1. The highest BCUT2D eigenvalue weighted by Crippen LogP contribution is 2.32. The number of benzene rings is 2. The lowest BCUT2D eigenvalue weighted by atomic mass is 9.96. The van der Waals surface area contributed by atoms with Crippen LogP contribution in [0, 0.1) is 5.92 Å². The van der Waals surface area contributed by atoms with Gasteiger partial charge in [-0.1, -0.05) is 37.6 Å². The molecule has 2 aromatic carbocycles. The van der Waals surface area contributed by atoms with Gasteiger partial charge in [-0.2, -0.15) is 0 Å². The van der Waals surface area contributed by atoms with Gasteiger partial charge in [0, 0.05) is 24.3 Å². The van der Waals surface area contributed by atoms with Crippen molar-refractivity contribution in [2.45, 2.75) is 32.6 Å². The monoisotopic (exact) mass is 325 g/mol. The lowest BCUT2D eigenvalue weighted by Crippen LogP contribution is -2.36. The predicted octanol–water partition coefficient (Wildman–Crippen LogP) is 4.64. The average Bonchev–Trinajstić information content (AvgIpc) is 2.63. The number of nitrogens with zero attached hydrogens (tertiary/aromatic N) is 1. The Morgan fingerprint density at radius 1 is 1.04 bits per heavy atom. The highest BCUT2D eigenvalue weighted by Gasteiger charge is 2.22. The molecule has 0 aliphatic carbocycles. The highest BCUT2D eigenvalue weighted by molar-refractivity contribution is 5.59. The zero-order valence-electron chi connectivity index (χ0n) is 14.4. The SMILES string of the molecule is CCCc1c(O)cccc1N1CCC(COc2ccccc2)CC1. The molecular weight excluding hydrogens is 298 g/mol. The van der Waals surface area contributed by atoms with Crippen molar-refractivity contribution in [3.05, 3.63) is 54.1 Å². The lowest BCUT2D eigenvalue weighted by Gasteiger charge is -2.35. The summed E-state index contributed by atoms with van der Waals surface area (Å²) in [4.78, 5) is 2.42. The summed E-state index contributed by atoms with van der Waals surface area (Å²) in [7, 11) is 0. The van der Waals surface area contributed by atoms with Crippen LogP contribution in [0.3, 0.4) is 0 Å². The first-order valence-corrected chi connectivity index (χ1v) is 9.01. The van der Waals surface area contributed by atoms with Crippen molar-refractivity contribution in [2.75, 3.05) is 24.6 Å². The van der Waals surface area contributed by atoms with Gasteiger partial charge in [0.15, 0.2) is 0 Å². The minimum atomic E-state index is 0.434. The molecule has 0 atom stereocenters. The quantitative estimate of drug-likeness (QED) is 0.840. The Hall–Kier alpha value is -2.16. The fourth-order valence-corrected chi connectivity index (χ4v) is 3.44. The van der Waals surface area contributed by atoms with Crippen LogP contribution in [0.2, 0.25) is 0 Å². The molecule has 0 saturated carbocycles. The van der Waals surface area contributed by atoms with Gasteiger partial charge in [0.05, 0.1) is 6.61 Å². The minimum absolute atomic E-state index is 0.434. The van der Waals surface area contributed by atoms with E-state index < -0.39 is 0 Å². The maximum atomic E-state index is 10.2. The fraction of sp³-hybridized carbons (Fsp3) is 0.429.